The van der Waals surface area contributed by atoms with Crippen LogP contribution in [0.25, 0.3) is 0 Å². The number of hydrogen-bond donors (Lipinski definition) is 4. The molecule has 4 N–H and O–H groups in total. The van der Waals surface area contributed by atoms with Crippen molar-refractivity contribution >= 4 is 29.7 Å². The summed E-state index contributed by atoms with van der Waals surface area (Å²) in [5.41, 5.74) is -1.26. The van der Waals surface area contributed by atoms with E-state index >= 15 is 0 Å². The molecular formula is C15H23N3O5S. The first-order valence-corrected chi connectivity index (χ1v) is 9.36. The second-order valence-corrected chi connectivity index (χ2v) is 7.88. The van der Waals surface area contributed by atoms with Crippen LogP contribution in [0.4, 0.5) is 4.79 Å². The molecule has 0 aliphatic carbocycles. The standard InChI is InChI=1S/C15H23N3O5S/c19-11(18-15(13(20)21)5-6-23-8-15)4-2-1-3-10-12-9(7-24-10)16-14(22)17-12/h9-10,12H,1-8H2,(H,18,19)(H,20,21)(H2,16,17,22)/t9-,10-,12-,15?/m0/s1. The van der Waals surface area contributed by atoms with Crippen molar-refractivity contribution in [1.29, 1.82) is 0 Å². The Kier molecular flexibility index (Phi) is 5.19. The maximum atomic E-state index is 12.0. The number of hydrogen-bond acceptors (Lipinski definition) is 5. The minimum Gasteiger partial charge on any atom is -0.479 e. The van der Waals surface area contributed by atoms with Gasteiger partial charge in [-0.2, -0.15) is 11.8 Å². The van der Waals surface area contributed by atoms with Crippen LogP contribution in [-0.4, -0.2) is 64.9 Å². The Balaban J connectivity index is 1.37. The highest BCUT2D eigenvalue weighted by Crippen LogP contribution is 2.33. The van der Waals surface area contributed by atoms with Gasteiger partial charge in [0.2, 0.25) is 5.91 Å². The van der Waals surface area contributed by atoms with E-state index in [1.54, 1.807) is 0 Å². The monoisotopic (exact) mass is 357 g/mol. The molecule has 0 saturated carbocycles. The number of aliphatic carboxylic acids is 1. The lowest BCUT2D eigenvalue weighted by Gasteiger charge is -2.23. The van der Waals surface area contributed by atoms with Crippen LogP contribution in [0.2, 0.25) is 0 Å². The number of carbonyl (C=O) groups excluding carboxylic acids is 2. The summed E-state index contributed by atoms with van der Waals surface area (Å²) >= 11 is 1.85. The molecule has 0 aromatic rings. The van der Waals surface area contributed by atoms with Crippen LogP contribution in [0, 0.1) is 0 Å². The number of amides is 3. The van der Waals surface area contributed by atoms with Gasteiger partial charge in [0.15, 0.2) is 5.54 Å². The van der Waals surface area contributed by atoms with Crippen molar-refractivity contribution in [2.45, 2.75) is 55.0 Å². The maximum Gasteiger partial charge on any atom is 0.331 e. The Labute approximate surface area is 144 Å². The molecule has 3 heterocycles. The molecule has 3 fully saturated rings. The van der Waals surface area contributed by atoms with E-state index in [0.717, 1.165) is 18.6 Å². The zero-order chi connectivity index (χ0) is 17.2. The fraction of sp³-hybridized carbons (Fsp3) is 0.800. The number of unbranched alkanes of at least 4 members (excludes halogenated alkanes) is 1. The molecule has 9 heteroatoms. The van der Waals surface area contributed by atoms with Gasteiger partial charge < -0.3 is 25.8 Å². The lowest BCUT2D eigenvalue weighted by molar-refractivity contribution is -0.147. The molecule has 0 radical (unpaired) electrons. The summed E-state index contributed by atoms with van der Waals surface area (Å²) < 4.78 is 5.13. The van der Waals surface area contributed by atoms with Gasteiger partial charge in [-0.1, -0.05) is 6.42 Å². The number of carbonyl (C=O) groups is 3. The van der Waals surface area contributed by atoms with Crippen LogP contribution in [0.15, 0.2) is 0 Å². The van der Waals surface area contributed by atoms with E-state index in [4.69, 9.17) is 4.74 Å². The Hall–Kier alpha value is -1.48. The zero-order valence-electron chi connectivity index (χ0n) is 13.4. The van der Waals surface area contributed by atoms with Crippen LogP contribution in [0.1, 0.15) is 32.1 Å². The van der Waals surface area contributed by atoms with E-state index in [1.165, 1.54) is 0 Å². The van der Waals surface area contributed by atoms with E-state index in [1.807, 2.05) is 11.8 Å². The Morgan fingerprint density at radius 1 is 1.38 bits per heavy atom. The molecule has 0 aromatic heterocycles. The topological polar surface area (TPSA) is 117 Å². The first-order valence-electron chi connectivity index (χ1n) is 8.31. The van der Waals surface area contributed by atoms with Crippen molar-refractivity contribution in [3.05, 3.63) is 0 Å². The van der Waals surface area contributed by atoms with Crippen LogP contribution in [-0.2, 0) is 14.3 Å². The molecule has 8 nitrogen and oxygen atoms in total. The van der Waals surface area contributed by atoms with Gasteiger partial charge >= 0.3 is 12.0 Å². The molecule has 3 saturated heterocycles. The highest BCUT2D eigenvalue weighted by molar-refractivity contribution is 8.00. The Bertz CT molecular complexity index is 523. The largest absolute Gasteiger partial charge is 0.479 e. The van der Waals surface area contributed by atoms with E-state index in [9.17, 15) is 19.5 Å². The van der Waals surface area contributed by atoms with Crippen molar-refractivity contribution in [3.8, 4) is 0 Å². The second-order valence-electron chi connectivity index (χ2n) is 6.61. The minimum absolute atomic E-state index is 0.0303. The van der Waals surface area contributed by atoms with Crippen LogP contribution < -0.4 is 16.0 Å². The van der Waals surface area contributed by atoms with Crippen molar-refractivity contribution in [2.75, 3.05) is 19.0 Å². The summed E-state index contributed by atoms with van der Waals surface area (Å²) in [6, 6.07) is 0.309. The quantitative estimate of drug-likeness (QED) is 0.378. The zero-order valence-corrected chi connectivity index (χ0v) is 14.2. The highest BCUT2D eigenvalue weighted by atomic mass is 32.2. The third-order valence-electron chi connectivity index (χ3n) is 4.89. The number of ether oxygens (including phenoxy) is 1. The molecular weight excluding hydrogens is 334 g/mol. The molecule has 0 bridgehead atoms. The number of fused-ring (bicyclic) bond motifs is 1. The average Bonchev–Trinajstić information content (AvgIpc) is 3.21. The second kappa shape index (κ2) is 7.18. The number of carboxylic acid groups (broad SMARTS) is 1. The van der Waals surface area contributed by atoms with Gasteiger partial charge in [-0.25, -0.2) is 9.59 Å². The first-order chi connectivity index (χ1) is 11.5. The minimum atomic E-state index is -1.26. The van der Waals surface area contributed by atoms with E-state index in [0.29, 0.717) is 31.1 Å². The lowest BCUT2D eigenvalue weighted by Crippen LogP contribution is -2.55. The van der Waals surface area contributed by atoms with Gasteiger partial charge in [0.05, 0.1) is 18.7 Å². The summed E-state index contributed by atoms with van der Waals surface area (Å²) in [7, 11) is 0. The number of thioether (sulfide) groups is 1. The average molecular weight is 357 g/mol. The van der Waals surface area contributed by atoms with Crippen molar-refractivity contribution in [1.82, 2.24) is 16.0 Å². The summed E-state index contributed by atoms with van der Waals surface area (Å²) in [4.78, 5) is 34.7. The molecule has 134 valence electrons. The number of rotatable bonds is 7. The predicted octanol–water partition coefficient (Wildman–Crippen LogP) is 0.0721. The summed E-state index contributed by atoms with van der Waals surface area (Å²) in [5, 5.41) is 18.2. The van der Waals surface area contributed by atoms with Crippen LogP contribution >= 0.6 is 11.8 Å². The molecule has 24 heavy (non-hydrogen) atoms. The molecule has 3 amide bonds. The third kappa shape index (κ3) is 3.61. The predicted molar refractivity (Wildman–Crippen MR) is 87.9 cm³/mol. The van der Waals surface area contributed by atoms with Crippen molar-refractivity contribution in [2.24, 2.45) is 0 Å². The molecule has 3 aliphatic heterocycles. The molecule has 3 aliphatic rings. The smallest absolute Gasteiger partial charge is 0.331 e. The Morgan fingerprint density at radius 3 is 2.92 bits per heavy atom. The van der Waals surface area contributed by atoms with Gasteiger partial charge in [0.1, 0.15) is 0 Å². The number of urea groups is 1. The molecule has 3 rings (SSSR count). The van der Waals surface area contributed by atoms with Crippen molar-refractivity contribution < 1.29 is 24.2 Å². The van der Waals surface area contributed by atoms with Gasteiger partial charge in [-0.05, 0) is 12.8 Å². The summed E-state index contributed by atoms with van der Waals surface area (Å²) in [5.74, 6) is -0.350. The van der Waals surface area contributed by atoms with Crippen LogP contribution in [0.5, 0.6) is 0 Å². The van der Waals surface area contributed by atoms with Gasteiger partial charge in [0.25, 0.3) is 0 Å². The molecule has 1 unspecified atom stereocenters. The molecule has 4 atom stereocenters. The highest BCUT2D eigenvalue weighted by Gasteiger charge is 2.44. The SMILES string of the molecule is O=C(CCCC[C@@H]1SC[C@@H]2NC(=O)N[C@@H]21)NC1(C(=O)O)CCOC1. The molecule has 0 spiro atoms. The summed E-state index contributed by atoms with van der Waals surface area (Å²) in [6.07, 6.45) is 3.14. The fourth-order valence-corrected chi connectivity index (χ4v) is 5.03. The van der Waals surface area contributed by atoms with Gasteiger partial charge in [-0.3, -0.25) is 4.79 Å². The van der Waals surface area contributed by atoms with E-state index in [-0.39, 0.29) is 30.6 Å². The first kappa shape index (κ1) is 17.3. The molecule has 0 aromatic carbocycles. The summed E-state index contributed by atoms with van der Waals surface area (Å²) in [6.45, 7) is 0.385. The van der Waals surface area contributed by atoms with Gasteiger partial charge in [0, 0.05) is 30.5 Å². The Morgan fingerprint density at radius 2 is 2.21 bits per heavy atom. The fourth-order valence-electron chi connectivity index (χ4n) is 3.49. The van der Waals surface area contributed by atoms with Gasteiger partial charge in [-0.15, -0.1) is 0 Å². The third-order valence-corrected chi connectivity index (χ3v) is 6.40. The maximum absolute atomic E-state index is 12.0. The lowest BCUT2D eigenvalue weighted by atomic mass is 9.98. The number of carboxylic acids is 1. The number of nitrogens with one attached hydrogen (secondary N) is 3. The normalized spacial score (nSPS) is 34.5. The van der Waals surface area contributed by atoms with Crippen molar-refractivity contribution in [3.63, 3.8) is 0 Å². The van der Waals surface area contributed by atoms with E-state index in [2.05, 4.69) is 16.0 Å². The van der Waals surface area contributed by atoms with Crippen LogP contribution in [0.3, 0.4) is 0 Å². The van der Waals surface area contributed by atoms with E-state index < -0.39 is 11.5 Å².